The second-order valence-electron chi connectivity index (χ2n) is 19.2. The molecule has 4 heterocycles. The summed E-state index contributed by atoms with van der Waals surface area (Å²) in [5.74, 6) is -0.954. The van der Waals surface area contributed by atoms with Crippen molar-refractivity contribution in [3.05, 3.63) is 202 Å². The first kappa shape index (κ1) is 64.7. The molecule has 4 aromatic carbocycles. The van der Waals surface area contributed by atoms with Gasteiger partial charge in [0.05, 0.1) is 65.4 Å². The number of hydrogen-bond acceptors (Lipinski definition) is 12. The van der Waals surface area contributed by atoms with Crippen LogP contribution in [0.2, 0.25) is 20.1 Å². The second kappa shape index (κ2) is 25.3. The van der Waals surface area contributed by atoms with Crippen molar-refractivity contribution >= 4 is 85.8 Å². The molecule has 432 valence electrons. The first-order valence-electron chi connectivity index (χ1n) is 23.8. The van der Waals surface area contributed by atoms with Crippen LogP contribution in [0.5, 0.6) is 0 Å². The summed E-state index contributed by atoms with van der Waals surface area (Å²) < 4.78 is 105. The van der Waals surface area contributed by atoms with Crippen LogP contribution in [0, 0.1) is 55.4 Å². The van der Waals surface area contributed by atoms with Crippen LogP contribution in [0.4, 0.5) is 0 Å². The van der Waals surface area contributed by atoms with E-state index in [2.05, 4.69) is 20.4 Å². The van der Waals surface area contributed by atoms with Crippen LogP contribution in [0.15, 0.2) is 112 Å². The number of nitrogens with zero attached hydrogens (tertiary/aromatic N) is 4. The van der Waals surface area contributed by atoms with Crippen LogP contribution in [-0.4, -0.2) is 72.8 Å². The molecule has 0 radical (unpaired) electrons. The van der Waals surface area contributed by atoms with E-state index in [0.29, 0.717) is 87.4 Å². The average molecular weight is 1260 g/mol. The van der Waals surface area contributed by atoms with Crippen molar-refractivity contribution in [3.8, 4) is 0 Å². The fourth-order valence-electron chi connectivity index (χ4n) is 8.00. The zero-order chi connectivity index (χ0) is 60.3. The van der Waals surface area contributed by atoms with Gasteiger partial charge >= 0.3 is 0 Å². The number of sulfone groups is 4. The summed E-state index contributed by atoms with van der Waals surface area (Å²) in [6, 6.07) is 18.0. The maximum atomic E-state index is 12.6. The highest BCUT2D eigenvalue weighted by atomic mass is 35.5. The van der Waals surface area contributed by atoms with Crippen LogP contribution in [-0.2, 0) is 90.6 Å². The monoisotopic (exact) mass is 1260 g/mol. The number of benzene rings is 4. The van der Waals surface area contributed by atoms with Gasteiger partial charge in [0.1, 0.15) is 0 Å². The number of rotatable bonds is 12. The molecule has 28 heteroatoms. The molecule has 0 saturated heterocycles. The molecular weight excluding hydrogens is 1200 g/mol. The number of H-pyrrole nitrogens is 4. The lowest BCUT2D eigenvalue weighted by Gasteiger charge is -2.11. The maximum absolute atomic E-state index is 12.6. The number of aromatic amines is 4. The molecule has 0 spiro atoms. The lowest BCUT2D eigenvalue weighted by atomic mass is 10.2. The molecule has 20 nitrogen and oxygen atoms in total. The van der Waals surface area contributed by atoms with Crippen molar-refractivity contribution in [1.82, 2.24) is 39.1 Å². The van der Waals surface area contributed by atoms with E-state index in [1.54, 1.807) is 125 Å². The standard InChI is InChI=1S/C14H17ClN2O3S.2C13H15ClN2O3S.C12H13ClN2O3S/c1-9-6-13(10(2)5-12(9)15)21(19,20)8-11-7-14(18)17(4)16(11)3;1-8-5-12(9(2)4-11(8)14)20(18,19)7-10-6-13(17)15-16(10)3;1-8-5-12(9(2)4-11(8)14)20(18,19)7-10-6-13(17)16(3)15-10;1-7-4-11(8(2)3-10(7)13)19(17,18)6-9-5-12(16)15-14-9/h5-7H,8H2,1-4H3;4-6H,7H2,1-3H3,(H,15,17);4-6,15H,7H2,1-3H3;3-5H,6H2,1-2H3,(H2,14,15,16). The summed E-state index contributed by atoms with van der Waals surface area (Å²) in [6.45, 7) is 13.8. The summed E-state index contributed by atoms with van der Waals surface area (Å²) in [5.41, 5.74) is 5.62. The highest BCUT2D eigenvalue weighted by Gasteiger charge is 2.25. The predicted octanol–water partition coefficient (Wildman–Crippen LogP) is 7.83. The largest absolute Gasteiger partial charge is 0.301 e. The summed E-state index contributed by atoms with van der Waals surface area (Å²) in [7, 11) is -7.73. The van der Waals surface area contributed by atoms with Crippen molar-refractivity contribution in [2.45, 2.75) is 98.0 Å². The molecule has 0 aliphatic carbocycles. The van der Waals surface area contributed by atoms with Crippen molar-refractivity contribution in [3.63, 3.8) is 0 Å². The summed E-state index contributed by atoms with van der Waals surface area (Å²) in [5, 5.41) is 12.2. The van der Waals surface area contributed by atoms with E-state index in [9.17, 15) is 52.8 Å². The number of hydrogen-bond donors (Lipinski definition) is 4. The van der Waals surface area contributed by atoms with Gasteiger partial charge in [0.2, 0.25) is 0 Å². The minimum absolute atomic E-state index is 0.221. The van der Waals surface area contributed by atoms with Crippen LogP contribution < -0.4 is 22.2 Å². The third kappa shape index (κ3) is 15.9. The van der Waals surface area contributed by atoms with Crippen LogP contribution >= 0.6 is 46.4 Å². The molecule has 0 unspecified atom stereocenters. The number of aromatic nitrogens is 8. The molecule has 0 amide bonds. The molecule has 8 rings (SSSR count). The Morgan fingerprint density at radius 2 is 0.713 bits per heavy atom. The smallest absolute Gasteiger partial charge is 0.266 e. The van der Waals surface area contributed by atoms with Gasteiger partial charge in [-0.2, -0.15) is 0 Å². The quantitative estimate of drug-likeness (QED) is 0.0910. The van der Waals surface area contributed by atoms with Gasteiger partial charge in [0.25, 0.3) is 22.2 Å². The molecule has 0 fully saturated rings. The Kier molecular flexibility index (Phi) is 20.5. The van der Waals surface area contributed by atoms with E-state index in [4.69, 9.17) is 46.4 Å². The molecule has 80 heavy (non-hydrogen) atoms. The van der Waals surface area contributed by atoms with Crippen molar-refractivity contribution in [1.29, 1.82) is 0 Å². The summed E-state index contributed by atoms with van der Waals surface area (Å²) in [6.07, 6.45) is 0. The number of aryl methyl sites for hydroxylation is 10. The number of halogens is 4. The first-order valence-corrected chi connectivity index (χ1v) is 31.9. The van der Waals surface area contributed by atoms with Gasteiger partial charge in [-0.25, -0.2) is 33.7 Å². The Bertz CT molecular complexity index is 4390. The van der Waals surface area contributed by atoms with E-state index >= 15 is 0 Å². The normalized spacial score (nSPS) is 11.8. The third-order valence-electron chi connectivity index (χ3n) is 12.6. The Morgan fingerprint density at radius 3 is 1.01 bits per heavy atom. The van der Waals surface area contributed by atoms with Gasteiger partial charge < -0.3 is 5.10 Å². The van der Waals surface area contributed by atoms with Gasteiger partial charge in [-0.05, 0) is 148 Å². The van der Waals surface area contributed by atoms with E-state index in [-0.39, 0.29) is 64.8 Å². The van der Waals surface area contributed by atoms with Gasteiger partial charge in [-0.3, -0.25) is 53.2 Å². The minimum atomic E-state index is -3.54. The predicted molar refractivity (Wildman–Crippen MR) is 311 cm³/mol. The van der Waals surface area contributed by atoms with Crippen molar-refractivity contribution in [2.75, 3.05) is 0 Å². The lowest BCUT2D eigenvalue weighted by Crippen LogP contribution is -2.17. The molecule has 4 aromatic heterocycles. The molecule has 8 aromatic rings. The maximum Gasteiger partial charge on any atom is 0.266 e. The van der Waals surface area contributed by atoms with Crippen LogP contribution in [0.25, 0.3) is 0 Å². The second-order valence-corrected chi connectivity index (χ2v) is 28.6. The van der Waals surface area contributed by atoms with Gasteiger partial charge in [0, 0.05) is 72.5 Å². The molecule has 0 aliphatic heterocycles. The zero-order valence-corrected chi connectivity index (χ0v) is 51.9. The first-order chi connectivity index (χ1) is 36.8. The van der Waals surface area contributed by atoms with E-state index in [0.717, 1.165) is 0 Å². The van der Waals surface area contributed by atoms with E-state index in [1.165, 1.54) is 50.0 Å². The van der Waals surface area contributed by atoms with E-state index in [1.807, 2.05) is 0 Å². The average Bonchev–Trinajstić information content (AvgIpc) is 4.05. The Labute approximate surface area is 482 Å². The van der Waals surface area contributed by atoms with Gasteiger partial charge in [-0.1, -0.05) is 46.4 Å². The highest BCUT2D eigenvalue weighted by Crippen LogP contribution is 2.30. The topological polar surface area (TPSA) is 288 Å². The van der Waals surface area contributed by atoms with Crippen molar-refractivity contribution < 1.29 is 33.7 Å². The Morgan fingerprint density at radius 1 is 0.350 bits per heavy atom. The summed E-state index contributed by atoms with van der Waals surface area (Å²) >= 11 is 23.9. The fraction of sp³-hybridized carbons (Fsp3) is 0.308. The highest BCUT2D eigenvalue weighted by molar-refractivity contribution is 7.91. The van der Waals surface area contributed by atoms with E-state index < -0.39 is 39.3 Å². The lowest BCUT2D eigenvalue weighted by molar-refractivity contribution is 0.557. The van der Waals surface area contributed by atoms with Gasteiger partial charge in [-0.15, -0.1) is 0 Å². The fourth-order valence-corrected chi connectivity index (χ4v) is 15.6. The minimum Gasteiger partial charge on any atom is -0.301 e. The SMILES string of the molecule is Cc1cc(S(=O)(=O)Cc2cc(=O)[nH][nH]2)c(C)cc1Cl.Cc1cc(S(=O)(=O)Cc2cc(=O)[nH]n2C)c(C)cc1Cl.Cc1cc(S(=O)(=O)Cc2cc(=O)n(C)[nH]2)c(C)cc1Cl.Cc1cc(S(=O)(=O)Cc2cc(=O)n(C)n2C)c(C)cc1Cl. The van der Waals surface area contributed by atoms with Crippen LogP contribution in [0.1, 0.15) is 67.3 Å². The summed E-state index contributed by atoms with van der Waals surface area (Å²) in [4.78, 5) is 46.1. The van der Waals surface area contributed by atoms with Crippen LogP contribution in [0.3, 0.4) is 0 Å². The molecule has 4 N–H and O–H groups in total. The molecule has 0 atom stereocenters. The molecular formula is C52H60Cl4N8O12S4. The molecule has 0 aliphatic rings. The Balaban J connectivity index is 0.000000196. The van der Waals surface area contributed by atoms with Gasteiger partial charge in [0.15, 0.2) is 39.3 Å². The molecule has 0 bridgehead atoms. The zero-order valence-electron chi connectivity index (χ0n) is 45.6. The van der Waals surface area contributed by atoms with Crippen molar-refractivity contribution in [2.24, 2.45) is 28.2 Å². The number of nitrogens with one attached hydrogen (secondary N) is 4. The molecule has 0 saturated carbocycles. The third-order valence-corrected chi connectivity index (χ3v) is 21.4. The Hall–Kier alpha value is -6.12.